The van der Waals surface area contributed by atoms with Crippen molar-refractivity contribution in [1.82, 2.24) is 4.98 Å². The molecule has 1 aliphatic rings. The van der Waals surface area contributed by atoms with Crippen LogP contribution in [0.4, 0.5) is 5.69 Å². The molecule has 0 saturated heterocycles. The first-order chi connectivity index (χ1) is 12.6. The molecule has 3 rings (SSSR count). The summed E-state index contributed by atoms with van der Waals surface area (Å²) in [5.74, 6) is 0.840. The minimum absolute atomic E-state index is 0.0418. The Labute approximate surface area is 156 Å². The van der Waals surface area contributed by atoms with E-state index in [0.29, 0.717) is 11.4 Å². The third kappa shape index (κ3) is 4.75. The number of rotatable bonds is 7. The summed E-state index contributed by atoms with van der Waals surface area (Å²) in [6.07, 6.45) is 7.86. The molecule has 1 saturated carbocycles. The normalized spacial score (nSPS) is 15.6. The third-order valence-electron chi connectivity index (χ3n) is 4.71. The summed E-state index contributed by atoms with van der Waals surface area (Å²) in [6, 6.07) is 12.9. The molecule has 6 heteroatoms. The Morgan fingerprint density at radius 3 is 2.42 bits per heavy atom. The average Bonchev–Trinajstić information content (AvgIpc) is 2.68. The molecule has 0 bridgehead atoms. The van der Waals surface area contributed by atoms with Crippen LogP contribution in [0.15, 0.2) is 48.7 Å². The van der Waals surface area contributed by atoms with Gasteiger partial charge in [0.05, 0.1) is 29.8 Å². The fourth-order valence-corrected chi connectivity index (χ4v) is 4.29. The zero-order valence-electron chi connectivity index (χ0n) is 15.2. The van der Waals surface area contributed by atoms with Gasteiger partial charge in [-0.25, -0.2) is 8.42 Å². The Balaban J connectivity index is 1.77. The van der Waals surface area contributed by atoms with Crippen LogP contribution in [0.1, 0.15) is 44.7 Å². The number of nitrogens with zero attached hydrogens (tertiary/aromatic N) is 2. The molecule has 1 aromatic heterocycles. The molecule has 1 heterocycles. The van der Waals surface area contributed by atoms with Crippen LogP contribution in [0.3, 0.4) is 0 Å². The number of ether oxygens (including phenoxy) is 1. The summed E-state index contributed by atoms with van der Waals surface area (Å²) >= 11 is 0. The van der Waals surface area contributed by atoms with E-state index in [0.717, 1.165) is 18.6 Å². The zero-order valence-corrected chi connectivity index (χ0v) is 16.0. The number of hydrogen-bond donors (Lipinski definition) is 0. The van der Waals surface area contributed by atoms with Crippen LogP contribution >= 0.6 is 0 Å². The van der Waals surface area contributed by atoms with Gasteiger partial charge in [-0.2, -0.15) is 0 Å². The van der Waals surface area contributed by atoms with Gasteiger partial charge in [0.25, 0.3) is 0 Å². The lowest BCUT2D eigenvalue weighted by atomic mass is 9.98. The molecular formula is C20H26N2O3S. The monoisotopic (exact) mass is 374 g/mol. The van der Waals surface area contributed by atoms with Crippen molar-refractivity contribution in [2.45, 2.75) is 51.7 Å². The molecule has 0 N–H and O–H groups in total. The SMILES string of the molecule is CCS(=O)(=O)N(Cc1ccccn1)c1ccc(OC2CCCCC2)cc1. The van der Waals surface area contributed by atoms with Gasteiger partial charge in [0.15, 0.2) is 0 Å². The van der Waals surface area contributed by atoms with E-state index >= 15 is 0 Å². The summed E-state index contributed by atoms with van der Waals surface area (Å²) in [6.45, 7) is 1.88. The number of benzene rings is 1. The van der Waals surface area contributed by atoms with Gasteiger partial charge in [-0.15, -0.1) is 0 Å². The van der Waals surface area contributed by atoms with Crippen LogP contribution in [-0.4, -0.2) is 25.3 Å². The summed E-state index contributed by atoms with van der Waals surface area (Å²) in [5, 5.41) is 0. The number of hydrogen-bond acceptors (Lipinski definition) is 4. The number of sulfonamides is 1. The van der Waals surface area contributed by atoms with Crippen LogP contribution in [0.25, 0.3) is 0 Å². The lowest BCUT2D eigenvalue weighted by Gasteiger charge is -2.25. The Kier molecular flexibility index (Phi) is 6.14. The molecule has 1 fully saturated rings. The van der Waals surface area contributed by atoms with Crippen LogP contribution in [0.5, 0.6) is 5.75 Å². The third-order valence-corrected chi connectivity index (χ3v) is 6.45. The van der Waals surface area contributed by atoms with Gasteiger partial charge in [0, 0.05) is 6.20 Å². The second-order valence-electron chi connectivity index (χ2n) is 6.60. The largest absolute Gasteiger partial charge is 0.490 e. The molecule has 140 valence electrons. The molecule has 0 radical (unpaired) electrons. The van der Waals surface area contributed by atoms with Crippen LogP contribution in [-0.2, 0) is 16.6 Å². The maximum absolute atomic E-state index is 12.6. The van der Waals surface area contributed by atoms with Gasteiger partial charge in [-0.3, -0.25) is 9.29 Å². The van der Waals surface area contributed by atoms with Crippen LogP contribution < -0.4 is 9.04 Å². The van der Waals surface area contributed by atoms with Crippen LogP contribution in [0, 0.1) is 0 Å². The Morgan fingerprint density at radius 2 is 1.81 bits per heavy atom. The highest BCUT2D eigenvalue weighted by Crippen LogP contribution is 2.27. The molecular weight excluding hydrogens is 348 g/mol. The molecule has 0 spiro atoms. The second-order valence-corrected chi connectivity index (χ2v) is 8.78. The number of anilines is 1. The predicted molar refractivity (Wildman–Crippen MR) is 104 cm³/mol. The van der Waals surface area contributed by atoms with E-state index in [9.17, 15) is 8.42 Å². The first-order valence-electron chi connectivity index (χ1n) is 9.25. The van der Waals surface area contributed by atoms with Crippen LogP contribution in [0.2, 0.25) is 0 Å². The Morgan fingerprint density at radius 1 is 1.08 bits per heavy atom. The van der Waals surface area contributed by atoms with Crippen molar-refractivity contribution >= 4 is 15.7 Å². The number of aromatic nitrogens is 1. The van der Waals surface area contributed by atoms with Crippen molar-refractivity contribution in [3.05, 3.63) is 54.4 Å². The highest BCUT2D eigenvalue weighted by molar-refractivity contribution is 7.92. The van der Waals surface area contributed by atoms with E-state index in [4.69, 9.17) is 4.74 Å². The van der Waals surface area contributed by atoms with Crippen molar-refractivity contribution in [1.29, 1.82) is 0 Å². The second kappa shape index (κ2) is 8.54. The molecule has 0 unspecified atom stereocenters. The quantitative estimate of drug-likeness (QED) is 0.730. The van der Waals surface area contributed by atoms with Gasteiger partial charge in [-0.05, 0) is 69.0 Å². The van der Waals surface area contributed by atoms with Gasteiger partial charge < -0.3 is 4.74 Å². The minimum Gasteiger partial charge on any atom is -0.490 e. The molecule has 2 aromatic rings. The molecule has 0 amide bonds. The number of pyridine rings is 1. The molecule has 0 atom stereocenters. The van der Waals surface area contributed by atoms with Gasteiger partial charge in [0.2, 0.25) is 10.0 Å². The first kappa shape index (κ1) is 18.7. The van der Waals surface area contributed by atoms with E-state index in [1.165, 1.54) is 23.6 Å². The molecule has 0 aliphatic heterocycles. The maximum atomic E-state index is 12.6. The van der Waals surface area contributed by atoms with Crippen molar-refractivity contribution < 1.29 is 13.2 Å². The van der Waals surface area contributed by atoms with E-state index in [-0.39, 0.29) is 18.4 Å². The van der Waals surface area contributed by atoms with Crippen molar-refractivity contribution in [2.24, 2.45) is 0 Å². The highest BCUT2D eigenvalue weighted by Gasteiger charge is 2.22. The fraction of sp³-hybridized carbons (Fsp3) is 0.450. The maximum Gasteiger partial charge on any atom is 0.235 e. The summed E-state index contributed by atoms with van der Waals surface area (Å²) in [5.41, 5.74) is 1.35. The van der Waals surface area contributed by atoms with Crippen molar-refractivity contribution in [3.8, 4) is 5.75 Å². The van der Waals surface area contributed by atoms with E-state index in [2.05, 4.69) is 4.98 Å². The predicted octanol–water partition coefficient (Wildman–Crippen LogP) is 4.15. The summed E-state index contributed by atoms with van der Waals surface area (Å²) in [7, 11) is -3.40. The lowest BCUT2D eigenvalue weighted by molar-refractivity contribution is 0.155. The first-order valence-corrected chi connectivity index (χ1v) is 10.9. The van der Waals surface area contributed by atoms with E-state index < -0.39 is 10.0 Å². The average molecular weight is 375 g/mol. The minimum atomic E-state index is -3.40. The topological polar surface area (TPSA) is 59.5 Å². The van der Waals surface area contributed by atoms with Gasteiger partial charge in [0.1, 0.15) is 5.75 Å². The van der Waals surface area contributed by atoms with E-state index in [1.807, 2.05) is 42.5 Å². The summed E-state index contributed by atoms with van der Waals surface area (Å²) < 4.78 is 32.6. The van der Waals surface area contributed by atoms with Crippen molar-refractivity contribution in [2.75, 3.05) is 10.1 Å². The smallest absolute Gasteiger partial charge is 0.235 e. The lowest BCUT2D eigenvalue weighted by Crippen LogP contribution is -2.32. The zero-order chi connectivity index (χ0) is 18.4. The molecule has 5 nitrogen and oxygen atoms in total. The molecule has 1 aliphatic carbocycles. The summed E-state index contributed by atoms with van der Waals surface area (Å²) in [4.78, 5) is 4.26. The van der Waals surface area contributed by atoms with Gasteiger partial charge in [-0.1, -0.05) is 12.5 Å². The fourth-order valence-electron chi connectivity index (χ4n) is 3.21. The highest BCUT2D eigenvalue weighted by atomic mass is 32.2. The Hall–Kier alpha value is -2.08. The Bertz CT molecular complexity index is 786. The van der Waals surface area contributed by atoms with Gasteiger partial charge >= 0.3 is 0 Å². The van der Waals surface area contributed by atoms with E-state index in [1.54, 1.807) is 13.1 Å². The standard InChI is InChI=1S/C20H26N2O3S/c1-2-26(23,24)22(16-17-8-6-7-15-21-17)18-11-13-20(14-12-18)25-19-9-4-3-5-10-19/h6-8,11-15,19H,2-5,9-10,16H2,1H3. The molecule has 1 aromatic carbocycles. The molecule has 26 heavy (non-hydrogen) atoms. The van der Waals surface area contributed by atoms with Crippen molar-refractivity contribution in [3.63, 3.8) is 0 Å².